The van der Waals surface area contributed by atoms with E-state index in [4.69, 9.17) is 5.84 Å². The number of nitrogens with one attached hydrogen (secondary N) is 1. The molecule has 0 saturated carbocycles. The molecule has 2 unspecified atom stereocenters. The summed E-state index contributed by atoms with van der Waals surface area (Å²) in [5, 5.41) is 0.778. The van der Waals surface area contributed by atoms with Crippen molar-refractivity contribution < 1.29 is 0 Å². The maximum Gasteiger partial charge on any atom is 0.0329 e. The van der Waals surface area contributed by atoms with Gasteiger partial charge in [0.15, 0.2) is 0 Å². The average Bonchev–Trinajstić information content (AvgIpc) is 2.86. The third-order valence-electron chi connectivity index (χ3n) is 3.75. The number of hydrogen-bond donors (Lipinski definition) is 2. The average molecular weight is 258 g/mol. The van der Waals surface area contributed by atoms with Crippen molar-refractivity contribution in [3.63, 3.8) is 0 Å². The maximum atomic E-state index is 5.67. The topological polar surface area (TPSA) is 38.0 Å². The monoisotopic (exact) mass is 258 g/mol. The van der Waals surface area contributed by atoms with Gasteiger partial charge in [0, 0.05) is 11.3 Å². The Kier molecular flexibility index (Phi) is 9.21. The Labute approximate surface area is 111 Å². The predicted octanol–water partition coefficient (Wildman–Crippen LogP) is 3.85. The minimum atomic E-state index is 0.554. The third kappa shape index (κ3) is 6.68. The summed E-state index contributed by atoms with van der Waals surface area (Å²) in [5.41, 5.74) is 3.03. The molecule has 0 aromatic rings. The zero-order valence-electron chi connectivity index (χ0n) is 11.4. The second-order valence-electron chi connectivity index (χ2n) is 5.23. The zero-order chi connectivity index (χ0) is 12.3. The quantitative estimate of drug-likeness (QED) is 0.355. The van der Waals surface area contributed by atoms with Crippen LogP contribution in [0.25, 0.3) is 0 Å². The predicted molar refractivity (Wildman–Crippen MR) is 79.2 cm³/mol. The maximum absolute atomic E-state index is 5.67. The number of hydrogen-bond acceptors (Lipinski definition) is 3. The van der Waals surface area contributed by atoms with E-state index in [0.29, 0.717) is 6.04 Å². The Hall–Kier alpha value is 0.270. The minimum Gasteiger partial charge on any atom is -0.271 e. The first-order valence-corrected chi connectivity index (χ1v) is 8.51. The lowest BCUT2D eigenvalue weighted by atomic mass is 10.0. The summed E-state index contributed by atoms with van der Waals surface area (Å²) in [6, 6.07) is 0.554. The Bertz CT molecular complexity index is 170. The van der Waals surface area contributed by atoms with Crippen molar-refractivity contribution in [1.29, 1.82) is 0 Å². The van der Waals surface area contributed by atoms with E-state index >= 15 is 0 Å². The van der Waals surface area contributed by atoms with E-state index in [9.17, 15) is 0 Å². The fourth-order valence-electron chi connectivity index (χ4n) is 2.62. The van der Waals surface area contributed by atoms with Crippen LogP contribution in [0.1, 0.15) is 71.1 Å². The van der Waals surface area contributed by atoms with Gasteiger partial charge in [0.25, 0.3) is 0 Å². The SMILES string of the molecule is CCCCCCCCCC(NN)C1CCCS1. The summed E-state index contributed by atoms with van der Waals surface area (Å²) in [6.07, 6.45) is 13.7. The first kappa shape index (κ1) is 15.3. The molecule has 0 aromatic heterocycles. The molecule has 2 nitrogen and oxygen atoms in total. The van der Waals surface area contributed by atoms with E-state index in [1.807, 2.05) is 0 Å². The van der Waals surface area contributed by atoms with Crippen LogP contribution >= 0.6 is 11.8 Å². The molecule has 102 valence electrons. The normalized spacial score (nSPS) is 21.9. The van der Waals surface area contributed by atoms with Crippen LogP contribution in [-0.4, -0.2) is 17.0 Å². The van der Waals surface area contributed by atoms with Crippen LogP contribution in [0.3, 0.4) is 0 Å². The van der Waals surface area contributed by atoms with Crippen LogP contribution in [-0.2, 0) is 0 Å². The highest BCUT2D eigenvalue weighted by atomic mass is 32.2. The van der Waals surface area contributed by atoms with E-state index in [1.54, 1.807) is 0 Å². The van der Waals surface area contributed by atoms with Gasteiger partial charge in [-0.05, 0) is 25.0 Å². The van der Waals surface area contributed by atoms with Gasteiger partial charge in [-0.1, -0.05) is 51.9 Å². The van der Waals surface area contributed by atoms with Crippen molar-refractivity contribution in [3.05, 3.63) is 0 Å². The van der Waals surface area contributed by atoms with Gasteiger partial charge >= 0.3 is 0 Å². The highest BCUT2D eigenvalue weighted by Gasteiger charge is 2.23. The molecule has 0 amide bonds. The summed E-state index contributed by atoms with van der Waals surface area (Å²) in [7, 11) is 0. The molecule has 3 heteroatoms. The van der Waals surface area contributed by atoms with Gasteiger partial charge in [0.2, 0.25) is 0 Å². The van der Waals surface area contributed by atoms with Crippen molar-refractivity contribution in [3.8, 4) is 0 Å². The van der Waals surface area contributed by atoms with Gasteiger partial charge in [-0.15, -0.1) is 0 Å². The van der Waals surface area contributed by atoms with Crippen LogP contribution in [0, 0.1) is 0 Å². The van der Waals surface area contributed by atoms with Crippen LogP contribution in [0.4, 0.5) is 0 Å². The fourth-order valence-corrected chi connectivity index (χ4v) is 4.03. The number of rotatable bonds is 10. The summed E-state index contributed by atoms with van der Waals surface area (Å²) in [4.78, 5) is 0. The number of nitrogens with two attached hydrogens (primary N) is 1. The molecule has 1 rings (SSSR count). The van der Waals surface area contributed by atoms with Gasteiger partial charge in [-0.25, -0.2) is 0 Å². The molecule has 1 saturated heterocycles. The van der Waals surface area contributed by atoms with E-state index in [2.05, 4.69) is 24.1 Å². The van der Waals surface area contributed by atoms with Crippen LogP contribution < -0.4 is 11.3 Å². The molecule has 3 N–H and O–H groups in total. The summed E-state index contributed by atoms with van der Waals surface area (Å²) in [5.74, 6) is 7.00. The molecule has 1 heterocycles. The number of hydrazine groups is 1. The molecule has 1 aliphatic heterocycles. The van der Waals surface area contributed by atoms with E-state index < -0.39 is 0 Å². The van der Waals surface area contributed by atoms with Gasteiger partial charge in [-0.2, -0.15) is 11.8 Å². The van der Waals surface area contributed by atoms with Crippen molar-refractivity contribution in [1.82, 2.24) is 5.43 Å². The van der Waals surface area contributed by atoms with Gasteiger partial charge < -0.3 is 0 Å². The zero-order valence-corrected chi connectivity index (χ0v) is 12.2. The molecular weight excluding hydrogens is 228 g/mol. The Balaban J connectivity index is 1.96. The molecule has 0 bridgehead atoms. The Morgan fingerprint density at radius 2 is 1.88 bits per heavy atom. The summed E-state index contributed by atoms with van der Waals surface area (Å²) < 4.78 is 0. The molecule has 0 aromatic carbocycles. The van der Waals surface area contributed by atoms with Gasteiger partial charge in [-0.3, -0.25) is 11.3 Å². The minimum absolute atomic E-state index is 0.554. The van der Waals surface area contributed by atoms with Crippen molar-refractivity contribution >= 4 is 11.8 Å². The number of thioether (sulfide) groups is 1. The molecule has 0 radical (unpaired) electrons. The van der Waals surface area contributed by atoms with E-state index in [0.717, 1.165) is 5.25 Å². The second-order valence-corrected chi connectivity index (χ2v) is 6.58. The molecule has 0 aliphatic carbocycles. The van der Waals surface area contributed by atoms with E-state index in [-0.39, 0.29) is 0 Å². The van der Waals surface area contributed by atoms with Crippen molar-refractivity contribution in [2.45, 2.75) is 82.4 Å². The molecule has 17 heavy (non-hydrogen) atoms. The standard InChI is InChI=1S/C14H30N2S/c1-2-3-4-5-6-7-8-10-13(16-15)14-11-9-12-17-14/h13-14,16H,2-12,15H2,1H3. The Morgan fingerprint density at radius 1 is 1.18 bits per heavy atom. The molecular formula is C14H30N2S. The lowest BCUT2D eigenvalue weighted by Gasteiger charge is -2.21. The van der Waals surface area contributed by atoms with Crippen LogP contribution in [0.5, 0.6) is 0 Å². The molecule has 1 aliphatic rings. The highest BCUT2D eigenvalue weighted by Crippen LogP contribution is 2.30. The smallest absolute Gasteiger partial charge is 0.0329 e. The summed E-state index contributed by atoms with van der Waals surface area (Å²) in [6.45, 7) is 2.27. The largest absolute Gasteiger partial charge is 0.271 e. The first-order valence-electron chi connectivity index (χ1n) is 7.46. The molecule has 2 atom stereocenters. The van der Waals surface area contributed by atoms with Gasteiger partial charge in [0.05, 0.1) is 0 Å². The van der Waals surface area contributed by atoms with Crippen LogP contribution in [0.15, 0.2) is 0 Å². The highest BCUT2D eigenvalue weighted by molar-refractivity contribution is 8.00. The number of unbranched alkanes of at least 4 members (excludes halogenated alkanes) is 6. The molecule has 1 fully saturated rings. The van der Waals surface area contributed by atoms with Crippen molar-refractivity contribution in [2.75, 3.05) is 5.75 Å². The summed E-state index contributed by atoms with van der Waals surface area (Å²) >= 11 is 2.11. The Morgan fingerprint density at radius 3 is 2.47 bits per heavy atom. The molecule has 0 spiro atoms. The van der Waals surface area contributed by atoms with Gasteiger partial charge in [0.1, 0.15) is 0 Å². The van der Waals surface area contributed by atoms with Crippen molar-refractivity contribution in [2.24, 2.45) is 5.84 Å². The third-order valence-corrected chi connectivity index (χ3v) is 5.26. The van der Waals surface area contributed by atoms with E-state index in [1.165, 1.54) is 70.0 Å². The lowest BCUT2D eigenvalue weighted by molar-refractivity contribution is 0.442. The first-order chi connectivity index (χ1) is 8.38. The fraction of sp³-hybridized carbons (Fsp3) is 1.00. The second kappa shape index (κ2) is 10.2. The lowest BCUT2D eigenvalue weighted by Crippen LogP contribution is -2.41. The van der Waals surface area contributed by atoms with Crippen LogP contribution in [0.2, 0.25) is 0 Å².